The molecule has 0 saturated carbocycles. The van der Waals surface area contributed by atoms with E-state index in [0.29, 0.717) is 5.15 Å². The molecule has 0 atom stereocenters. The second-order valence-corrected chi connectivity index (χ2v) is 5.86. The topological polar surface area (TPSA) is 17.8 Å². The van der Waals surface area contributed by atoms with Gasteiger partial charge in [0.1, 0.15) is 5.15 Å². The molecule has 0 aliphatic carbocycles. The van der Waals surface area contributed by atoms with Gasteiger partial charge in [-0.2, -0.15) is 5.10 Å². The summed E-state index contributed by atoms with van der Waals surface area (Å²) < 4.78 is 2.82. The summed E-state index contributed by atoms with van der Waals surface area (Å²) in [7, 11) is 0. The molecule has 0 N–H and O–H groups in total. The average Bonchev–Trinajstić information content (AvgIpc) is 2.82. The predicted octanol–water partition coefficient (Wildman–Crippen LogP) is 5.26. The summed E-state index contributed by atoms with van der Waals surface area (Å²) in [6.07, 6.45) is 0. The fourth-order valence-electron chi connectivity index (χ4n) is 2.13. The zero-order valence-corrected chi connectivity index (χ0v) is 13.2. The van der Waals surface area contributed by atoms with E-state index in [1.54, 1.807) is 4.68 Å². The minimum absolute atomic E-state index is 0.606. The van der Waals surface area contributed by atoms with Crippen LogP contribution in [0.2, 0.25) is 5.15 Å². The molecule has 3 rings (SSSR count). The third-order valence-electron chi connectivity index (χ3n) is 3.12. The highest BCUT2D eigenvalue weighted by Gasteiger charge is 2.11. The van der Waals surface area contributed by atoms with Crippen LogP contribution in [-0.2, 0) is 0 Å². The first kappa shape index (κ1) is 13.4. The molecule has 0 aliphatic heterocycles. The quantitative estimate of drug-likeness (QED) is 0.618. The Balaban J connectivity index is 2.10. The standard InChI is InChI=1S/C16H12BrClN2/c1-11-9-13(17)7-8-15(11)20-16(18)10-14(19-20)12-5-3-2-4-6-12/h2-10H,1H3. The van der Waals surface area contributed by atoms with Gasteiger partial charge >= 0.3 is 0 Å². The van der Waals surface area contributed by atoms with E-state index in [4.69, 9.17) is 11.6 Å². The van der Waals surface area contributed by atoms with Gasteiger partial charge in [0, 0.05) is 16.1 Å². The Morgan fingerprint density at radius 3 is 2.50 bits per heavy atom. The van der Waals surface area contributed by atoms with Crippen LogP contribution in [0.4, 0.5) is 0 Å². The molecule has 1 aromatic heterocycles. The summed E-state index contributed by atoms with van der Waals surface area (Å²) in [5.74, 6) is 0. The van der Waals surface area contributed by atoms with Crippen molar-refractivity contribution >= 4 is 27.5 Å². The lowest BCUT2D eigenvalue weighted by Gasteiger charge is -2.07. The maximum Gasteiger partial charge on any atom is 0.133 e. The van der Waals surface area contributed by atoms with Gasteiger partial charge in [0.2, 0.25) is 0 Å². The first-order valence-corrected chi connectivity index (χ1v) is 7.40. The van der Waals surface area contributed by atoms with Gasteiger partial charge < -0.3 is 0 Å². The Morgan fingerprint density at radius 2 is 1.80 bits per heavy atom. The molecule has 0 amide bonds. The van der Waals surface area contributed by atoms with Crippen molar-refractivity contribution in [1.82, 2.24) is 9.78 Å². The fraction of sp³-hybridized carbons (Fsp3) is 0.0625. The van der Waals surface area contributed by atoms with Crippen LogP contribution in [-0.4, -0.2) is 9.78 Å². The minimum Gasteiger partial charge on any atom is -0.221 e. The summed E-state index contributed by atoms with van der Waals surface area (Å²) in [5.41, 5.74) is 4.03. The lowest BCUT2D eigenvalue weighted by Crippen LogP contribution is -1.99. The number of hydrogen-bond donors (Lipinski definition) is 0. The Hall–Kier alpha value is -1.58. The van der Waals surface area contributed by atoms with Crippen LogP contribution in [0.3, 0.4) is 0 Å². The molecule has 100 valence electrons. The molecule has 3 aromatic rings. The second-order valence-electron chi connectivity index (χ2n) is 4.56. The average molecular weight is 348 g/mol. The van der Waals surface area contributed by atoms with E-state index in [1.165, 1.54) is 0 Å². The van der Waals surface area contributed by atoms with Crippen LogP contribution < -0.4 is 0 Å². The fourth-order valence-corrected chi connectivity index (χ4v) is 2.84. The number of benzene rings is 2. The Kier molecular flexibility index (Phi) is 3.64. The van der Waals surface area contributed by atoms with E-state index in [9.17, 15) is 0 Å². The van der Waals surface area contributed by atoms with E-state index in [-0.39, 0.29) is 0 Å². The third-order valence-corrected chi connectivity index (χ3v) is 3.88. The van der Waals surface area contributed by atoms with Gasteiger partial charge in [-0.05, 0) is 30.7 Å². The molecule has 2 nitrogen and oxygen atoms in total. The number of nitrogens with zero attached hydrogens (tertiary/aromatic N) is 2. The highest BCUT2D eigenvalue weighted by atomic mass is 79.9. The molecule has 0 spiro atoms. The van der Waals surface area contributed by atoms with Crippen LogP contribution in [0.25, 0.3) is 16.9 Å². The molecule has 0 fully saturated rings. The SMILES string of the molecule is Cc1cc(Br)ccc1-n1nc(-c2ccccc2)cc1Cl. The zero-order chi connectivity index (χ0) is 14.1. The first-order valence-electron chi connectivity index (χ1n) is 6.22. The van der Waals surface area contributed by atoms with Crippen LogP contribution in [0.15, 0.2) is 59.1 Å². The van der Waals surface area contributed by atoms with Crippen molar-refractivity contribution in [3.05, 3.63) is 69.8 Å². The molecule has 20 heavy (non-hydrogen) atoms. The molecule has 0 aliphatic rings. The maximum absolute atomic E-state index is 6.33. The van der Waals surface area contributed by atoms with Gasteiger partial charge in [-0.15, -0.1) is 0 Å². The van der Waals surface area contributed by atoms with Crippen LogP contribution in [0.5, 0.6) is 0 Å². The number of rotatable bonds is 2. The van der Waals surface area contributed by atoms with E-state index in [0.717, 1.165) is 27.0 Å². The van der Waals surface area contributed by atoms with Crippen molar-refractivity contribution in [2.45, 2.75) is 6.92 Å². The maximum atomic E-state index is 6.33. The second kappa shape index (κ2) is 5.43. The van der Waals surface area contributed by atoms with Crippen molar-refractivity contribution < 1.29 is 0 Å². The molecule has 0 bridgehead atoms. The number of aryl methyl sites for hydroxylation is 1. The molecule has 0 saturated heterocycles. The van der Waals surface area contributed by atoms with Crippen molar-refractivity contribution in [2.24, 2.45) is 0 Å². The zero-order valence-electron chi connectivity index (χ0n) is 10.8. The van der Waals surface area contributed by atoms with Gasteiger partial charge in [0.15, 0.2) is 0 Å². The van der Waals surface area contributed by atoms with E-state index < -0.39 is 0 Å². The van der Waals surface area contributed by atoms with E-state index >= 15 is 0 Å². The van der Waals surface area contributed by atoms with Gasteiger partial charge in [0.25, 0.3) is 0 Å². The van der Waals surface area contributed by atoms with Crippen molar-refractivity contribution in [3.8, 4) is 16.9 Å². The van der Waals surface area contributed by atoms with E-state index in [1.807, 2.05) is 55.5 Å². The van der Waals surface area contributed by atoms with Crippen LogP contribution in [0, 0.1) is 6.92 Å². The van der Waals surface area contributed by atoms with Crippen molar-refractivity contribution in [1.29, 1.82) is 0 Å². The molecule has 0 unspecified atom stereocenters. The number of halogens is 2. The molecule has 0 radical (unpaired) electrons. The van der Waals surface area contributed by atoms with Gasteiger partial charge in [0.05, 0.1) is 11.4 Å². The molecular weight excluding hydrogens is 336 g/mol. The lowest BCUT2D eigenvalue weighted by molar-refractivity contribution is 0.877. The molecule has 1 heterocycles. The highest BCUT2D eigenvalue weighted by Crippen LogP contribution is 2.27. The summed E-state index contributed by atoms with van der Waals surface area (Å²) >= 11 is 9.80. The van der Waals surface area contributed by atoms with Crippen molar-refractivity contribution in [3.63, 3.8) is 0 Å². The molecule has 4 heteroatoms. The number of aromatic nitrogens is 2. The summed E-state index contributed by atoms with van der Waals surface area (Å²) in [6, 6.07) is 18.0. The van der Waals surface area contributed by atoms with Crippen LogP contribution >= 0.6 is 27.5 Å². The Labute approximate surface area is 131 Å². The third kappa shape index (κ3) is 2.51. The van der Waals surface area contributed by atoms with E-state index in [2.05, 4.69) is 27.1 Å². The summed E-state index contributed by atoms with van der Waals surface area (Å²) in [6.45, 7) is 2.04. The molecular formula is C16H12BrClN2. The monoisotopic (exact) mass is 346 g/mol. The van der Waals surface area contributed by atoms with Crippen molar-refractivity contribution in [2.75, 3.05) is 0 Å². The van der Waals surface area contributed by atoms with Gasteiger partial charge in [-0.25, -0.2) is 4.68 Å². The van der Waals surface area contributed by atoms with Gasteiger partial charge in [-0.1, -0.05) is 57.9 Å². The summed E-state index contributed by atoms with van der Waals surface area (Å²) in [4.78, 5) is 0. The smallest absolute Gasteiger partial charge is 0.133 e. The largest absolute Gasteiger partial charge is 0.221 e. The minimum atomic E-state index is 0.606. The highest BCUT2D eigenvalue weighted by molar-refractivity contribution is 9.10. The molecule has 2 aromatic carbocycles. The Bertz CT molecular complexity index is 750. The summed E-state index contributed by atoms with van der Waals surface area (Å²) in [5, 5.41) is 5.22. The lowest BCUT2D eigenvalue weighted by atomic mass is 10.2. The van der Waals surface area contributed by atoms with Gasteiger partial charge in [-0.3, -0.25) is 0 Å². The normalized spacial score (nSPS) is 10.8. The Morgan fingerprint density at radius 1 is 1.05 bits per heavy atom. The number of hydrogen-bond acceptors (Lipinski definition) is 1. The van der Waals surface area contributed by atoms with Crippen LogP contribution in [0.1, 0.15) is 5.56 Å². The predicted molar refractivity (Wildman–Crippen MR) is 86.4 cm³/mol. The first-order chi connectivity index (χ1) is 9.65.